The van der Waals surface area contributed by atoms with Crippen LogP contribution < -0.4 is 4.74 Å². The highest BCUT2D eigenvalue weighted by molar-refractivity contribution is 6.05. The maximum Gasteiger partial charge on any atom is 0.201 e. The van der Waals surface area contributed by atoms with Gasteiger partial charge in [-0.2, -0.15) is 0 Å². The summed E-state index contributed by atoms with van der Waals surface area (Å²) in [6.07, 6.45) is 5.01. The van der Waals surface area contributed by atoms with Crippen molar-refractivity contribution in [2.45, 2.75) is 0 Å². The van der Waals surface area contributed by atoms with Crippen molar-refractivity contribution in [3.63, 3.8) is 0 Å². The summed E-state index contributed by atoms with van der Waals surface area (Å²) in [4.78, 5) is 14.6. The fourth-order valence-electron chi connectivity index (χ4n) is 1.54. The third-order valence-electron chi connectivity index (χ3n) is 2.42. The fraction of sp³-hybridized carbons (Fsp3) is 0.0714. The lowest BCUT2D eigenvalue weighted by Gasteiger charge is -2.02. The first-order valence-electron chi connectivity index (χ1n) is 5.30. The van der Waals surface area contributed by atoms with Crippen LogP contribution in [0.3, 0.4) is 0 Å². The van der Waals surface area contributed by atoms with Crippen LogP contribution in [0, 0.1) is 0 Å². The third-order valence-corrected chi connectivity index (χ3v) is 2.42. The molecular formula is C14H13NO2. The molecule has 0 spiro atoms. The van der Waals surface area contributed by atoms with Gasteiger partial charge in [0.15, 0.2) is 0 Å². The van der Waals surface area contributed by atoms with Crippen LogP contribution in [0.15, 0.2) is 48.7 Å². The Hall–Kier alpha value is -2.29. The third kappa shape index (κ3) is 2.64. The Kier molecular flexibility index (Phi) is 3.40. The Morgan fingerprint density at radius 3 is 2.76 bits per heavy atom. The lowest BCUT2D eigenvalue weighted by Crippen LogP contribution is -1.94. The number of methoxy groups -OCH3 is 1. The molecule has 86 valence electrons. The maximum absolute atomic E-state index is 11.7. The summed E-state index contributed by atoms with van der Waals surface area (Å²) in [7, 11) is 1.61. The lowest BCUT2D eigenvalue weighted by molar-refractivity contribution is 0.104. The number of ether oxygens (including phenoxy) is 1. The van der Waals surface area contributed by atoms with Gasteiger partial charge in [0.1, 0.15) is 5.75 Å². The minimum Gasteiger partial charge on any atom is -0.496 e. The molecule has 1 aromatic heterocycles. The van der Waals surface area contributed by atoms with Crippen molar-refractivity contribution in [1.29, 1.82) is 0 Å². The van der Waals surface area contributed by atoms with Crippen molar-refractivity contribution in [2.24, 2.45) is 0 Å². The van der Waals surface area contributed by atoms with E-state index in [1.54, 1.807) is 31.5 Å². The monoisotopic (exact) mass is 227 g/mol. The Bertz CT molecular complexity index is 527. The molecule has 1 aromatic carbocycles. The van der Waals surface area contributed by atoms with Crippen LogP contribution in [0.25, 0.3) is 6.08 Å². The second-order valence-electron chi connectivity index (χ2n) is 3.52. The van der Waals surface area contributed by atoms with Crippen molar-refractivity contribution in [3.05, 3.63) is 59.9 Å². The van der Waals surface area contributed by atoms with E-state index in [9.17, 15) is 4.79 Å². The summed E-state index contributed by atoms with van der Waals surface area (Å²) >= 11 is 0. The van der Waals surface area contributed by atoms with E-state index in [1.807, 2.05) is 24.3 Å². The van der Waals surface area contributed by atoms with Gasteiger partial charge in [-0.15, -0.1) is 0 Å². The number of rotatable bonds is 4. The number of carbonyl (C=O) groups excluding carboxylic acids is 1. The zero-order valence-electron chi connectivity index (χ0n) is 9.51. The van der Waals surface area contributed by atoms with Crippen molar-refractivity contribution in [1.82, 2.24) is 4.98 Å². The van der Waals surface area contributed by atoms with E-state index in [0.29, 0.717) is 5.69 Å². The SMILES string of the molecule is COc1ccccc1/C=C/C(=O)c1ccc[nH]1. The molecule has 0 fully saturated rings. The zero-order chi connectivity index (χ0) is 12.1. The summed E-state index contributed by atoms with van der Waals surface area (Å²) in [5.74, 6) is 0.698. The molecule has 17 heavy (non-hydrogen) atoms. The highest BCUT2D eigenvalue weighted by atomic mass is 16.5. The molecule has 3 heteroatoms. The molecule has 0 aliphatic rings. The molecule has 0 bridgehead atoms. The topological polar surface area (TPSA) is 42.1 Å². The quantitative estimate of drug-likeness (QED) is 0.644. The van der Waals surface area contributed by atoms with Crippen molar-refractivity contribution in [2.75, 3.05) is 7.11 Å². The molecule has 0 amide bonds. The summed E-state index contributed by atoms with van der Waals surface area (Å²) in [5, 5.41) is 0. The molecule has 0 atom stereocenters. The molecular weight excluding hydrogens is 214 g/mol. The average molecular weight is 227 g/mol. The lowest BCUT2D eigenvalue weighted by atomic mass is 10.1. The number of aromatic nitrogens is 1. The smallest absolute Gasteiger partial charge is 0.201 e. The van der Waals surface area contributed by atoms with Crippen LogP contribution in [-0.2, 0) is 0 Å². The van der Waals surface area contributed by atoms with Gasteiger partial charge in [-0.3, -0.25) is 4.79 Å². The van der Waals surface area contributed by atoms with Crippen molar-refractivity contribution < 1.29 is 9.53 Å². The normalized spacial score (nSPS) is 10.6. The number of allylic oxidation sites excluding steroid dienone is 1. The number of ketones is 1. The van der Waals surface area contributed by atoms with Crippen molar-refractivity contribution >= 4 is 11.9 Å². The Labute approximate surface area is 99.7 Å². The minimum atomic E-state index is -0.0547. The first-order valence-corrected chi connectivity index (χ1v) is 5.30. The molecule has 1 heterocycles. The number of H-pyrrole nitrogens is 1. The Balaban J connectivity index is 2.18. The van der Waals surface area contributed by atoms with Crippen LogP contribution in [-0.4, -0.2) is 17.9 Å². The predicted octanol–water partition coefficient (Wildman–Crippen LogP) is 2.92. The van der Waals surface area contributed by atoms with Crippen molar-refractivity contribution in [3.8, 4) is 5.75 Å². The number of hydrogen-bond donors (Lipinski definition) is 1. The number of para-hydroxylation sites is 1. The van der Waals surface area contributed by atoms with Gasteiger partial charge in [0.05, 0.1) is 12.8 Å². The number of benzene rings is 1. The highest BCUT2D eigenvalue weighted by Crippen LogP contribution is 2.18. The molecule has 0 saturated heterocycles. The number of aromatic amines is 1. The average Bonchev–Trinajstić information content (AvgIpc) is 2.90. The number of nitrogens with one attached hydrogen (secondary N) is 1. The largest absolute Gasteiger partial charge is 0.496 e. The van der Waals surface area contributed by atoms with E-state index in [1.165, 1.54) is 6.08 Å². The van der Waals surface area contributed by atoms with E-state index < -0.39 is 0 Å². The van der Waals surface area contributed by atoms with Crippen LogP contribution >= 0.6 is 0 Å². The Morgan fingerprint density at radius 2 is 2.06 bits per heavy atom. The number of hydrogen-bond acceptors (Lipinski definition) is 2. The van der Waals surface area contributed by atoms with E-state index in [-0.39, 0.29) is 5.78 Å². The van der Waals surface area contributed by atoms with E-state index >= 15 is 0 Å². The van der Waals surface area contributed by atoms with Gasteiger partial charge in [0.25, 0.3) is 0 Å². The fourth-order valence-corrected chi connectivity index (χ4v) is 1.54. The second kappa shape index (κ2) is 5.16. The molecule has 1 N–H and O–H groups in total. The summed E-state index contributed by atoms with van der Waals surface area (Å²) in [6.45, 7) is 0. The van der Waals surface area contributed by atoms with Gasteiger partial charge in [0, 0.05) is 11.8 Å². The summed E-state index contributed by atoms with van der Waals surface area (Å²) in [6, 6.07) is 11.1. The molecule has 0 saturated carbocycles. The molecule has 0 aliphatic carbocycles. The molecule has 3 nitrogen and oxygen atoms in total. The van der Waals surface area contributed by atoms with Gasteiger partial charge in [0.2, 0.25) is 5.78 Å². The first-order chi connectivity index (χ1) is 8.31. The van der Waals surface area contributed by atoms with Crippen LogP contribution in [0.2, 0.25) is 0 Å². The summed E-state index contributed by atoms with van der Waals surface area (Å²) in [5.41, 5.74) is 1.46. The molecule has 0 unspecified atom stereocenters. The van der Waals surface area contributed by atoms with Gasteiger partial charge in [-0.05, 0) is 30.4 Å². The van der Waals surface area contributed by atoms with Gasteiger partial charge in [-0.1, -0.05) is 18.2 Å². The second-order valence-corrected chi connectivity index (χ2v) is 3.52. The maximum atomic E-state index is 11.7. The van der Waals surface area contributed by atoms with E-state index in [0.717, 1.165) is 11.3 Å². The number of carbonyl (C=O) groups is 1. The van der Waals surface area contributed by atoms with Crippen LogP contribution in [0.4, 0.5) is 0 Å². The highest BCUT2D eigenvalue weighted by Gasteiger charge is 2.02. The molecule has 0 aliphatic heterocycles. The molecule has 2 rings (SSSR count). The van der Waals surface area contributed by atoms with E-state index in [4.69, 9.17) is 4.74 Å². The first kappa shape index (κ1) is 11.2. The summed E-state index contributed by atoms with van der Waals surface area (Å²) < 4.78 is 5.20. The molecule has 0 radical (unpaired) electrons. The minimum absolute atomic E-state index is 0.0547. The predicted molar refractivity (Wildman–Crippen MR) is 67.2 cm³/mol. The van der Waals surface area contributed by atoms with Gasteiger partial charge < -0.3 is 9.72 Å². The van der Waals surface area contributed by atoms with Gasteiger partial charge in [-0.25, -0.2) is 0 Å². The zero-order valence-corrected chi connectivity index (χ0v) is 9.51. The van der Waals surface area contributed by atoms with Gasteiger partial charge >= 0.3 is 0 Å². The molecule has 2 aromatic rings. The van der Waals surface area contributed by atoms with Crippen LogP contribution in [0.5, 0.6) is 5.75 Å². The van der Waals surface area contributed by atoms with E-state index in [2.05, 4.69) is 4.98 Å². The van der Waals surface area contributed by atoms with Crippen LogP contribution in [0.1, 0.15) is 16.1 Å². The Morgan fingerprint density at radius 1 is 1.24 bits per heavy atom. The standard InChI is InChI=1S/C14H13NO2/c1-17-14-7-3-2-5-11(14)8-9-13(16)12-6-4-10-15-12/h2-10,15H,1H3/b9-8+.